The van der Waals surface area contributed by atoms with Crippen LogP contribution in [-0.4, -0.2) is 30.6 Å². The Morgan fingerprint density at radius 3 is 2.70 bits per heavy atom. The molecule has 1 aromatic rings. The molecule has 3 rings (SSSR count). The highest BCUT2D eigenvalue weighted by Crippen LogP contribution is 2.31. The van der Waals surface area contributed by atoms with E-state index in [2.05, 4.69) is 16.7 Å². The Labute approximate surface area is 137 Å². The van der Waals surface area contributed by atoms with Crippen LogP contribution in [-0.2, 0) is 11.2 Å². The molecular weight excluding hydrogens is 290 g/mol. The molecule has 1 unspecified atom stereocenters. The van der Waals surface area contributed by atoms with E-state index in [4.69, 9.17) is 0 Å². The van der Waals surface area contributed by atoms with Gasteiger partial charge < -0.3 is 15.5 Å². The summed E-state index contributed by atoms with van der Waals surface area (Å²) in [6.45, 7) is 2.08. The number of carbonyl (C=O) groups excluding carboxylic acids is 2. The lowest BCUT2D eigenvalue weighted by Crippen LogP contribution is -2.48. The van der Waals surface area contributed by atoms with Crippen molar-refractivity contribution in [3.05, 3.63) is 29.8 Å². The minimum absolute atomic E-state index is 0.0389. The molecule has 0 saturated heterocycles. The normalized spacial score (nSPS) is 20.9. The van der Waals surface area contributed by atoms with Crippen LogP contribution in [0.4, 0.5) is 10.5 Å². The molecule has 5 nitrogen and oxygen atoms in total. The van der Waals surface area contributed by atoms with E-state index in [1.54, 1.807) is 4.90 Å². The van der Waals surface area contributed by atoms with Gasteiger partial charge in [0.1, 0.15) is 0 Å². The minimum atomic E-state index is -0.231. The van der Waals surface area contributed by atoms with Gasteiger partial charge in [0, 0.05) is 17.8 Å². The fourth-order valence-corrected chi connectivity index (χ4v) is 3.67. The van der Waals surface area contributed by atoms with Crippen LogP contribution in [0.15, 0.2) is 24.3 Å². The van der Waals surface area contributed by atoms with Crippen molar-refractivity contribution in [2.24, 2.45) is 0 Å². The molecule has 1 atom stereocenters. The molecule has 1 aliphatic carbocycles. The van der Waals surface area contributed by atoms with Crippen molar-refractivity contribution >= 4 is 17.6 Å². The minimum Gasteiger partial charge on any atom is -0.335 e. The van der Waals surface area contributed by atoms with Gasteiger partial charge in [0.05, 0.1) is 6.54 Å². The lowest BCUT2D eigenvalue weighted by atomic mass is 9.96. The van der Waals surface area contributed by atoms with E-state index in [1.165, 1.54) is 24.8 Å². The van der Waals surface area contributed by atoms with Gasteiger partial charge in [0.25, 0.3) is 0 Å². The van der Waals surface area contributed by atoms with Gasteiger partial charge in [-0.2, -0.15) is 0 Å². The Balaban J connectivity index is 1.52. The van der Waals surface area contributed by atoms with Crippen molar-refractivity contribution in [1.82, 2.24) is 10.6 Å². The first-order valence-electron chi connectivity index (χ1n) is 8.59. The predicted octanol–water partition coefficient (Wildman–Crippen LogP) is 2.60. The summed E-state index contributed by atoms with van der Waals surface area (Å²) < 4.78 is 0. The summed E-state index contributed by atoms with van der Waals surface area (Å²) >= 11 is 0. The number of para-hydroxylation sites is 1. The van der Waals surface area contributed by atoms with E-state index in [0.29, 0.717) is 0 Å². The second kappa shape index (κ2) is 7.02. The highest BCUT2D eigenvalue weighted by atomic mass is 16.2. The molecule has 0 aromatic heterocycles. The van der Waals surface area contributed by atoms with E-state index in [1.807, 2.05) is 25.1 Å². The van der Waals surface area contributed by atoms with Gasteiger partial charge in [-0.3, -0.25) is 4.79 Å². The highest BCUT2D eigenvalue weighted by molar-refractivity contribution is 5.98. The summed E-state index contributed by atoms with van der Waals surface area (Å²) in [5.41, 5.74) is 2.17. The van der Waals surface area contributed by atoms with Crippen LogP contribution in [0.2, 0.25) is 0 Å². The molecule has 1 saturated carbocycles. The van der Waals surface area contributed by atoms with Gasteiger partial charge in [0.15, 0.2) is 0 Å². The zero-order valence-corrected chi connectivity index (χ0v) is 13.7. The molecule has 0 bridgehead atoms. The third-order valence-corrected chi connectivity index (χ3v) is 4.82. The third kappa shape index (κ3) is 3.66. The van der Waals surface area contributed by atoms with Gasteiger partial charge >= 0.3 is 6.03 Å². The fraction of sp³-hybridized carbons (Fsp3) is 0.556. The second-order valence-corrected chi connectivity index (χ2v) is 6.61. The Morgan fingerprint density at radius 1 is 1.17 bits per heavy atom. The highest BCUT2D eigenvalue weighted by Gasteiger charge is 2.30. The molecule has 124 valence electrons. The Hall–Kier alpha value is -2.04. The maximum absolute atomic E-state index is 12.5. The number of nitrogens with zero attached hydrogens (tertiary/aromatic N) is 1. The lowest BCUT2D eigenvalue weighted by molar-refractivity contribution is -0.117. The van der Waals surface area contributed by atoms with Crippen molar-refractivity contribution in [3.63, 3.8) is 0 Å². The summed E-state index contributed by atoms with van der Waals surface area (Å²) in [5, 5.41) is 5.69. The molecule has 2 aliphatic rings. The first-order chi connectivity index (χ1) is 11.1. The number of amides is 3. The van der Waals surface area contributed by atoms with Crippen LogP contribution in [0.5, 0.6) is 0 Å². The first kappa shape index (κ1) is 15.8. The molecule has 23 heavy (non-hydrogen) atoms. The molecule has 1 fully saturated rings. The molecule has 1 heterocycles. The first-order valence-corrected chi connectivity index (χ1v) is 8.59. The van der Waals surface area contributed by atoms with E-state index in [-0.39, 0.29) is 30.6 Å². The van der Waals surface area contributed by atoms with Gasteiger partial charge in [-0.1, -0.05) is 37.5 Å². The summed E-state index contributed by atoms with van der Waals surface area (Å²) in [6, 6.07) is 8.13. The lowest BCUT2D eigenvalue weighted by Gasteiger charge is -2.25. The number of benzene rings is 1. The average Bonchev–Trinajstić information content (AvgIpc) is 2.89. The number of anilines is 1. The largest absolute Gasteiger partial charge is 0.335 e. The topological polar surface area (TPSA) is 61.4 Å². The maximum atomic E-state index is 12.5. The SMILES string of the molecule is CC1Cc2ccccc2N1C(=O)CNC(=O)NC1CCCCC1. The number of hydrogen-bond acceptors (Lipinski definition) is 2. The molecule has 0 spiro atoms. The van der Waals surface area contributed by atoms with Crippen molar-refractivity contribution in [3.8, 4) is 0 Å². The van der Waals surface area contributed by atoms with Crippen LogP contribution in [0.3, 0.4) is 0 Å². The quantitative estimate of drug-likeness (QED) is 0.900. The van der Waals surface area contributed by atoms with Gasteiger partial charge in [-0.25, -0.2) is 4.79 Å². The third-order valence-electron chi connectivity index (χ3n) is 4.82. The fourth-order valence-electron chi connectivity index (χ4n) is 3.67. The molecule has 3 amide bonds. The standard InChI is InChI=1S/C18H25N3O2/c1-13-11-14-7-5-6-10-16(14)21(13)17(22)12-19-18(23)20-15-8-3-2-4-9-15/h5-7,10,13,15H,2-4,8-9,11-12H2,1H3,(H2,19,20,23). The molecule has 1 aliphatic heterocycles. The van der Waals surface area contributed by atoms with E-state index in [9.17, 15) is 9.59 Å². The maximum Gasteiger partial charge on any atom is 0.315 e. The Morgan fingerprint density at radius 2 is 1.91 bits per heavy atom. The summed E-state index contributed by atoms with van der Waals surface area (Å²) in [5.74, 6) is -0.0544. The zero-order chi connectivity index (χ0) is 16.2. The second-order valence-electron chi connectivity index (χ2n) is 6.61. The summed E-state index contributed by atoms with van der Waals surface area (Å²) in [4.78, 5) is 26.3. The number of carbonyl (C=O) groups is 2. The monoisotopic (exact) mass is 315 g/mol. The number of nitrogens with one attached hydrogen (secondary N) is 2. The van der Waals surface area contributed by atoms with Gasteiger partial charge in [-0.05, 0) is 37.8 Å². The van der Waals surface area contributed by atoms with Crippen molar-refractivity contribution in [2.75, 3.05) is 11.4 Å². The average molecular weight is 315 g/mol. The zero-order valence-electron chi connectivity index (χ0n) is 13.7. The molecule has 5 heteroatoms. The van der Waals surface area contributed by atoms with E-state index in [0.717, 1.165) is 24.9 Å². The Kier molecular flexibility index (Phi) is 4.84. The molecule has 0 radical (unpaired) electrons. The van der Waals surface area contributed by atoms with Crippen molar-refractivity contribution in [1.29, 1.82) is 0 Å². The molecular formula is C18H25N3O2. The van der Waals surface area contributed by atoms with Crippen LogP contribution < -0.4 is 15.5 Å². The molecule has 1 aromatic carbocycles. The number of fused-ring (bicyclic) bond motifs is 1. The molecule has 2 N–H and O–H groups in total. The van der Waals surface area contributed by atoms with Gasteiger partial charge in [0.2, 0.25) is 5.91 Å². The smallest absolute Gasteiger partial charge is 0.315 e. The number of rotatable bonds is 3. The van der Waals surface area contributed by atoms with Crippen molar-refractivity contribution in [2.45, 2.75) is 57.5 Å². The van der Waals surface area contributed by atoms with E-state index >= 15 is 0 Å². The summed E-state index contributed by atoms with van der Waals surface area (Å²) in [7, 11) is 0. The van der Waals surface area contributed by atoms with Crippen LogP contribution in [0, 0.1) is 0 Å². The Bertz CT molecular complexity index is 581. The van der Waals surface area contributed by atoms with Crippen LogP contribution in [0.1, 0.15) is 44.6 Å². The number of urea groups is 1. The number of hydrogen-bond donors (Lipinski definition) is 2. The summed E-state index contributed by atoms with van der Waals surface area (Å²) in [6.07, 6.45) is 6.55. The van der Waals surface area contributed by atoms with E-state index < -0.39 is 0 Å². The van der Waals surface area contributed by atoms with Crippen molar-refractivity contribution < 1.29 is 9.59 Å². The van der Waals surface area contributed by atoms with Gasteiger partial charge in [-0.15, -0.1) is 0 Å². The predicted molar refractivity (Wildman–Crippen MR) is 90.5 cm³/mol. The van der Waals surface area contributed by atoms with Crippen LogP contribution >= 0.6 is 0 Å². The van der Waals surface area contributed by atoms with Crippen LogP contribution in [0.25, 0.3) is 0 Å².